The lowest BCUT2D eigenvalue weighted by Crippen LogP contribution is -2.70. The van der Waals surface area contributed by atoms with E-state index in [1.165, 1.54) is 0 Å². The Kier molecular flexibility index (Phi) is 4.56. The minimum Gasteiger partial charge on any atom is -0.385 e. The fraction of sp³-hybridized carbons (Fsp3) is 0.385. The zero-order valence-electron chi connectivity index (χ0n) is 18.0. The van der Waals surface area contributed by atoms with Gasteiger partial charge in [-0.2, -0.15) is 0 Å². The third kappa shape index (κ3) is 2.96. The van der Waals surface area contributed by atoms with Crippen LogP contribution in [0.2, 0.25) is 0 Å². The molecule has 0 amide bonds. The number of nitrogens with one attached hydrogen (secondary N) is 1. The van der Waals surface area contributed by atoms with Crippen molar-refractivity contribution in [2.75, 3.05) is 6.54 Å². The molecule has 2 fully saturated rings. The van der Waals surface area contributed by atoms with E-state index in [9.17, 15) is 9.90 Å². The maximum absolute atomic E-state index is 14.6. The number of carbonyl (C=O) groups excluding carboxylic acids is 1. The number of halogens is 2. The number of fused-ring (bicyclic) bond motifs is 8. The number of pyridine rings is 1. The number of Topliss-reactive ketones (excluding diaryl/α,β-unsaturated/α-hetero) is 1. The lowest BCUT2D eigenvalue weighted by molar-refractivity contribution is -0.136. The Labute approximate surface area is 202 Å². The molecule has 5 nitrogen and oxygen atoms in total. The molecule has 170 valence electrons. The van der Waals surface area contributed by atoms with Gasteiger partial charge in [0, 0.05) is 43.3 Å². The van der Waals surface area contributed by atoms with E-state index in [1.807, 2.05) is 30.3 Å². The number of benzene rings is 1. The molecule has 2 aromatic rings. The number of alkyl halides is 2. The highest BCUT2D eigenvalue weighted by Gasteiger charge is 2.64. The van der Waals surface area contributed by atoms with Crippen molar-refractivity contribution < 1.29 is 9.90 Å². The SMILES string of the molecule is NC1(C(=O)C23CC(C4=CCC(Cl)(Cl)C=C42)c2ccccc23)CC(O)(c2cccnc2)CCN1. The fourth-order valence-corrected chi connectivity index (χ4v) is 6.90. The van der Waals surface area contributed by atoms with Crippen molar-refractivity contribution in [3.05, 3.63) is 88.8 Å². The zero-order chi connectivity index (χ0) is 23.1. The summed E-state index contributed by atoms with van der Waals surface area (Å²) in [7, 11) is 0. The average Bonchev–Trinajstić information content (AvgIpc) is 3.31. The summed E-state index contributed by atoms with van der Waals surface area (Å²) in [5.74, 6) is -0.0297. The largest absolute Gasteiger partial charge is 0.385 e. The molecule has 0 spiro atoms. The second-order valence-electron chi connectivity index (χ2n) is 9.86. The van der Waals surface area contributed by atoms with Crippen LogP contribution in [0, 0.1) is 0 Å². The van der Waals surface area contributed by atoms with Crippen LogP contribution in [0.4, 0.5) is 0 Å². The predicted octanol–water partition coefficient (Wildman–Crippen LogP) is 3.75. The highest BCUT2D eigenvalue weighted by molar-refractivity contribution is 6.50. The van der Waals surface area contributed by atoms with Crippen molar-refractivity contribution >= 4 is 29.0 Å². The van der Waals surface area contributed by atoms with Crippen LogP contribution >= 0.6 is 23.2 Å². The molecule has 2 bridgehead atoms. The Hall–Kier alpha value is -2.02. The van der Waals surface area contributed by atoms with E-state index >= 15 is 0 Å². The smallest absolute Gasteiger partial charge is 0.182 e. The van der Waals surface area contributed by atoms with Gasteiger partial charge in [0.05, 0.1) is 11.0 Å². The fourth-order valence-electron chi connectivity index (χ4n) is 6.52. The first-order valence-corrected chi connectivity index (χ1v) is 12.1. The lowest BCUT2D eigenvalue weighted by Gasteiger charge is -2.47. The molecule has 6 rings (SSSR count). The van der Waals surface area contributed by atoms with Crippen LogP contribution in [-0.2, 0) is 15.8 Å². The Morgan fingerprint density at radius 3 is 2.82 bits per heavy atom. The van der Waals surface area contributed by atoms with Gasteiger partial charge in [0.1, 0.15) is 10.00 Å². The van der Waals surface area contributed by atoms with E-state index in [0.29, 0.717) is 31.4 Å². The Morgan fingerprint density at radius 1 is 1.21 bits per heavy atom. The van der Waals surface area contributed by atoms with Crippen molar-refractivity contribution in [2.24, 2.45) is 5.73 Å². The van der Waals surface area contributed by atoms with E-state index < -0.39 is 21.0 Å². The summed E-state index contributed by atoms with van der Waals surface area (Å²) in [4.78, 5) is 18.7. The molecular formula is C26H25Cl2N3O2. The molecule has 1 aliphatic heterocycles. The van der Waals surface area contributed by atoms with E-state index in [2.05, 4.69) is 22.4 Å². The standard InChI is InChI=1S/C26H25Cl2N3O2/c27-24(28)8-7-18-19-12-25(21(18)13-24,20-6-2-1-5-17(19)20)22(32)26(29)15-23(33,9-11-31-26)16-4-3-10-30-14-16/h1-7,10,13-14,19,31,33H,8-9,11-12,15,29H2. The number of nitrogens with two attached hydrogens (primary N) is 1. The van der Waals surface area contributed by atoms with Gasteiger partial charge in [-0.1, -0.05) is 59.6 Å². The third-order valence-corrected chi connectivity index (χ3v) is 8.47. The van der Waals surface area contributed by atoms with Gasteiger partial charge < -0.3 is 10.8 Å². The van der Waals surface area contributed by atoms with Crippen LogP contribution in [0.25, 0.3) is 0 Å². The first kappa shape index (κ1) is 21.5. The molecule has 4 atom stereocenters. The summed E-state index contributed by atoms with van der Waals surface area (Å²) in [6, 6.07) is 11.7. The summed E-state index contributed by atoms with van der Waals surface area (Å²) in [6.07, 6.45) is 8.84. The number of hydrogen-bond donors (Lipinski definition) is 3. The molecule has 4 N–H and O–H groups in total. The van der Waals surface area contributed by atoms with E-state index in [0.717, 1.165) is 22.3 Å². The highest BCUT2D eigenvalue weighted by atomic mass is 35.5. The van der Waals surface area contributed by atoms with Gasteiger partial charge in [-0.05, 0) is 47.3 Å². The van der Waals surface area contributed by atoms with E-state index in [-0.39, 0.29) is 18.1 Å². The summed E-state index contributed by atoms with van der Waals surface area (Å²) in [6.45, 7) is 0.408. The molecule has 1 saturated carbocycles. The van der Waals surface area contributed by atoms with Gasteiger partial charge in [-0.15, -0.1) is 0 Å². The number of ketones is 1. The van der Waals surface area contributed by atoms with Gasteiger partial charge in [-0.3, -0.25) is 15.1 Å². The van der Waals surface area contributed by atoms with Gasteiger partial charge in [0.2, 0.25) is 0 Å². The van der Waals surface area contributed by atoms with E-state index in [1.54, 1.807) is 18.5 Å². The number of aliphatic hydroxyl groups is 1. The Morgan fingerprint density at radius 2 is 2.03 bits per heavy atom. The first-order chi connectivity index (χ1) is 15.7. The molecule has 3 aliphatic carbocycles. The maximum Gasteiger partial charge on any atom is 0.182 e. The van der Waals surface area contributed by atoms with Crippen molar-refractivity contribution in [1.29, 1.82) is 0 Å². The minimum absolute atomic E-state index is 0.0539. The normalized spacial score (nSPS) is 35.9. The monoisotopic (exact) mass is 481 g/mol. The van der Waals surface area contributed by atoms with Gasteiger partial charge in [0.25, 0.3) is 0 Å². The molecule has 1 aromatic carbocycles. The molecule has 4 aliphatic rings. The lowest BCUT2D eigenvalue weighted by atomic mass is 9.64. The van der Waals surface area contributed by atoms with E-state index in [4.69, 9.17) is 28.9 Å². The molecule has 7 heteroatoms. The van der Waals surface area contributed by atoms with Crippen LogP contribution in [0.3, 0.4) is 0 Å². The molecule has 1 saturated heterocycles. The van der Waals surface area contributed by atoms with Crippen LogP contribution in [0.15, 0.2) is 72.1 Å². The Bertz CT molecular complexity index is 1230. The van der Waals surface area contributed by atoms with Gasteiger partial charge >= 0.3 is 0 Å². The number of aromatic nitrogens is 1. The van der Waals surface area contributed by atoms with Crippen molar-refractivity contribution in [3.63, 3.8) is 0 Å². The number of rotatable bonds is 3. The molecule has 4 unspecified atom stereocenters. The second kappa shape index (κ2) is 7.00. The summed E-state index contributed by atoms with van der Waals surface area (Å²) >= 11 is 13.1. The van der Waals surface area contributed by atoms with Crippen LogP contribution < -0.4 is 11.1 Å². The molecule has 1 aromatic heterocycles. The van der Waals surface area contributed by atoms with Gasteiger partial charge in [-0.25, -0.2) is 0 Å². The maximum atomic E-state index is 14.6. The highest BCUT2D eigenvalue weighted by Crippen LogP contribution is 2.66. The Balaban J connectivity index is 1.48. The summed E-state index contributed by atoms with van der Waals surface area (Å²) in [5, 5.41) is 14.8. The predicted molar refractivity (Wildman–Crippen MR) is 128 cm³/mol. The molecule has 33 heavy (non-hydrogen) atoms. The quantitative estimate of drug-likeness (QED) is 0.581. The number of hydrogen-bond acceptors (Lipinski definition) is 5. The number of allylic oxidation sites excluding steroid dienone is 4. The van der Waals surface area contributed by atoms with Crippen molar-refractivity contribution in [3.8, 4) is 0 Å². The second-order valence-corrected chi connectivity index (χ2v) is 11.4. The minimum atomic E-state index is -1.43. The number of carbonyl (C=O) groups is 1. The third-order valence-electron chi connectivity index (χ3n) is 7.94. The topological polar surface area (TPSA) is 88.2 Å². The van der Waals surface area contributed by atoms with Crippen molar-refractivity contribution in [2.45, 2.75) is 52.6 Å². The van der Waals surface area contributed by atoms with Crippen LogP contribution in [-0.4, -0.2) is 32.4 Å². The van der Waals surface area contributed by atoms with Crippen LogP contribution in [0.1, 0.15) is 48.3 Å². The molecule has 0 radical (unpaired) electrons. The molecular weight excluding hydrogens is 457 g/mol. The van der Waals surface area contributed by atoms with Crippen molar-refractivity contribution in [1.82, 2.24) is 10.3 Å². The number of nitrogens with zero attached hydrogens (tertiary/aromatic N) is 1. The first-order valence-electron chi connectivity index (χ1n) is 11.3. The average molecular weight is 482 g/mol. The summed E-state index contributed by atoms with van der Waals surface area (Å²) in [5.41, 5.74) is 8.03. The molecule has 2 heterocycles. The van der Waals surface area contributed by atoms with Crippen LogP contribution in [0.5, 0.6) is 0 Å². The van der Waals surface area contributed by atoms with Gasteiger partial charge in [0.15, 0.2) is 5.78 Å². The summed E-state index contributed by atoms with van der Waals surface area (Å²) < 4.78 is -1.07. The zero-order valence-corrected chi connectivity index (χ0v) is 19.5. The number of piperidine rings is 1.